The highest BCUT2D eigenvalue weighted by molar-refractivity contribution is 4.68. The summed E-state index contributed by atoms with van der Waals surface area (Å²) in [5.41, 5.74) is 0. The summed E-state index contributed by atoms with van der Waals surface area (Å²) in [6.45, 7) is 11.8. The average molecular weight is 248 g/mol. The predicted molar refractivity (Wildman–Crippen MR) is 73.0 cm³/mol. The number of aliphatic hydroxyl groups is 2. The molecule has 3 heteroatoms. The van der Waals surface area contributed by atoms with Gasteiger partial charge in [0.05, 0.1) is 12.2 Å². The molecule has 0 saturated carbocycles. The van der Waals surface area contributed by atoms with E-state index in [-0.39, 0.29) is 0 Å². The van der Waals surface area contributed by atoms with E-state index in [0.717, 1.165) is 0 Å². The fraction of sp³-hybridized carbons (Fsp3) is 1.00. The van der Waals surface area contributed by atoms with E-state index in [1.54, 1.807) is 13.8 Å². The molecule has 17 heavy (non-hydrogen) atoms. The molecule has 0 aromatic carbocycles. The third kappa shape index (κ3) is 10.7. The summed E-state index contributed by atoms with van der Waals surface area (Å²) in [5, 5.41) is 17.4. The molecule has 1 fully saturated rings. The monoisotopic (exact) mass is 248 g/mol. The summed E-state index contributed by atoms with van der Waals surface area (Å²) in [7, 11) is 0. The molecule has 0 bridgehead atoms. The SMILES string of the molecule is CC.CCC(O)(O)CC.CCC1CCC(C)O1. The van der Waals surface area contributed by atoms with E-state index in [4.69, 9.17) is 14.9 Å². The van der Waals surface area contributed by atoms with Gasteiger partial charge in [-0.2, -0.15) is 0 Å². The molecule has 1 heterocycles. The molecule has 0 radical (unpaired) electrons. The molecule has 1 aliphatic heterocycles. The van der Waals surface area contributed by atoms with E-state index in [1.165, 1.54) is 19.3 Å². The molecule has 1 aliphatic rings. The number of ether oxygens (including phenoxy) is 1. The van der Waals surface area contributed by atoms with E-state index in [1.807, 2.05) is 13.8 Å². The first-order valence-corrected chi connectivity index (χ1v) is 7.05. The topological polar surface area (TPSA) is 49.7 Å². The van der Waals surface area contributed by atoms with E-state index >= 15 is 0 Å². The lowest BCUT2D eigenvalue weighted by Crippen LogP contribution is -2.24. The highest BCUT2D eigenvalue weighted by Gasteiger charge is 2.19. The minimum atomic E-state index is -1.42. The Labute approximate surface area is 107 Å². The lowest BCUT2D eigenvalue weighted by atomic mass is 10.2. The second-order valence-corrected chi connectivity index (χ2v) is 4.24. The third-order valence-corrected chi connectivity index (χ3v) is 2.91. The zero-order valence-electron chi connectivity index (χ0n) is 12.5. The van der Waals surface area contributed by atoms with Gasteiger partial charge in [-0.1, -0.05) is 34.6 Å². The Kier molecular flexibility index (Phi) is 12.4. The van der Waals surface area contributed by atoms with Gasteiger partial charge in [-0.25, -0.2) is 0 Å². The van der Waals surface area contributed by atoms with Crippen LogP contribution in [-0.4, -0.2) is 28.2 Å². The summed E-state index contributed by atoms with van der Waals surface area (Å²) in [5.74, 6) is -1.42. The average Bonchev–Trinajstić information content (AvgIpc) is 2.78. The van der Waals surface area contributed by atoms with Gasteiger partial charge in [0.1, 0.15) is 0 Å². The van der Waals surface area contributed by atoms with Gasteiger partial charge in [0.2, 0.25) is 0 Å². The van der Waals surface area contributed by atoms with Crippen molar-refractivity contribution in [3.63, 3.8) is 0 Å². The van der Waals surface area contributed by atoms with Crippen molar-refractivity contribution < 1.29 is 14.9 Å². The Morgan fingerprint density at radius 1 is 1.06 bits per heavy atom. The van der Waals surface area contributed by atoms with Gasteiger partial charge >= 0.3 is 0 Å². The van der Waals surface area contributed by atoms with Crippen LogP contribution in [0.25, 0.3) is 0 Å². The highest BCUT2D eigenvalue weighted by Crippen LogP contribution is 2.20. The molecule has 2 unspecified atom stereocenters. The Balaban J connectivity index is 0. The molecule has 2 atom stereocenters. The Bertz CT molecular complexity index is 152. The Morgan fingerprint density at radius 2 is 1.53 bits per heavy atom. The maximum Gasteiger partial charge on any atom is 0.161 e. The van der Waals surface area contributed by atoms with Crippen LogP contribution in [0.4, 0.5) is 0 Å². The first-order valence-electron chi connectivity index (χ1n) is 7.05. The van der Waals surface area contributed by atoms with E-state index in [9.17, 15) is 0 Å². The molecule has 2 N–H and O–H groups in total. The Morgan fingerprint density at radius 3 is 1.65 bits per heavy atom. The predicted octanol–water partition coefficient (Wildman–Crippen LogP) is 3.48. The van der Waals surface area contributed by atoms with Crippen molar-refractivity contribution in [1.29, 1.82) is 0 Å². The molecule has 1 rings (SSSR count). The van der Waals surface area contributed by atoms with Crippen LogP contribution in [0.2, 0.25) is 0 Å². The van der Waals surface area contributed by atoms with Crippen LogP contribution in [0.3, 0.4) is 0 Å². The van der Waals surface area contributed by atoms with Gasteiger partial charge in [0.15, 0.2) is 5.79 Å². The highest BCUT2D eigenvalue weighted by atomic mass is 16.5. The van der Waals surface area contributed by atoms with Crippen molar-refractivity contribution in [2.24, 2.45) is 0 Å². The van der Waals surface area contributed by atoms with Crippen molar-refractivity contribution in [2.45, 2.75) is 91.6 Å². The molecule has 1 saturated heterocycles. The lowest BCUT2D eigenvalue weighted by Gasteiger charge is -2.15. The van der Waals surface area contributed by atoms with Crippen LogP contribution in [0.5, 0.6) is 0 Å². The van der Waals surface area contributed by atoms with Crippen molar-refractivity contribution in [3.8, 4) is 0 Å². The number of hydrogen-bond acceptors (Lipinski definition) is 3. The maximum absolute atomic E-state index is 8.69. The first kappa shape index (κ1) is 19.2. The van der Waals surface area contributed by atoms with Crippen LogP contribution in [0, 0.1) is 0 Å². The molecule has 0 amide bonds. The first-order chi connectivity index (χ1) is 7.95. The molecule has 0 spiro atoms. The fourth-order valence-electron chi connectivity index (χ4n) is 1.44. The minimum Gasteiger partial charge on any atom is -0.375 e. The van der Waals surface area contributed by atoms with Gasteiger partial charge in [-0.05, 0) is 39.0 Å². The molecular formula is C14H32O3. The van der Waals surface area contributed by atoms with Crippen LogP contribution in [-0.2, 0) is 4.74 Å². The molecule has 0 aromatic heterocycles. The van der Waals surface area contributed by atoms with Crippen molar-refractivity contribution >= 4 is 0 Å². The van der Waals surface area contributed by atoms with Gasteiger partial charge in [0.25, 0.3) is 0 Å². The van der Waals surface area contributed by atoms with Gasteiger partial charge in [-0.3, -0.25) is 0 Å². The third-order valence-electron chi connectivity index (χ3n) is 2.91. The van der Waals surface area contributed by atoms with E-state index in [2.05, 4.69) is 13.8 Å². The van der Waals surface area contributed by atoms with Gasteiger partial charge < -0.3 is 14.9 Å². The maximum atomic E-state index is 8.69. The van der Waals surface area contributed by atoms with Gasteiger partial charge in [-0.15, -0.1) is 0 Å². The summed E-state index contributed by atoms with van der Waals surface area (Å²) >= 11 is 0. The van der Waals surface area contributed by atoms with Gasteiger partial charge in [0, 0.05) is 0 Å². The molecule has 3 nitrogen and oxygen atoms in total. The van der Waals surface area contributed by atoms with Crippen molar-refractivity contribution in [2.75, 3.05) is 0 Å². The van der Waals surface area contributed by atoms with E-state index in [0.29, 0.717) is 25.0 Å². The zero-order chi connectivity index (χ0) is 13.9. The summed E-state index contributed by atoms with van der Waals surface area (Å²) < 4.78 is 5.51. The molecule has 0 aliphatic carbocycles. The number of rotatable bonds is 3. The van der Waals surface area contributed by atoms with E-state index < -0.39 is 5.79 Å². The van der Waals surface area contributed by atoms with Crippen LogP contribution in [0.1, 0.15) is 73.6 Å². The van der Waals surface area contributed by atoms with Crippen LogP contribution >= 0.6 is 0 Å². The smallest absolute Gasteiger partial charge is 0.161 e. The quantitative estimate of drug-likeness (QED) is 0.752. The summed E-state index contributed by atoms with van der Waals surface area (Å²) in [4.78, 5) is 0. The minimum absolute atomic E-state index is 0.406. The van der Waals surface area contributed by atoms with Crippen LogP contribution < -0.4 is 0 Å². The molecule has 106 valence electrons. The molecule has 0 aromatic rings. The standard InChI is InChI=1S/C7H14O.C5H12O2.C2H6/c1-3-7-5-4-6(2)8-7;1-3-5(6,7)4-2;1-2/h6-7H,3-5H2,1-2H3;6-7H,3-4H2,1-2H3;1-2H3. The largest absolute Gasteiger partial charge is 0.375 e. The number of hydrogen-bond donors (Lipinski definition) is 2. The Hall–Kier alpha value is -0.120. The van der Waals surface area contributed by atoms with Crippen LogP contribution in [0.15, 0.2) is 0 Å². The zero-order valence-corrected chi connectivity index (χ0v) is 12.5. The summed E-state index contributed by atoms with van der Waals surface area (Å²) in [6.07, 6.45) is 5.64. The normalized spacial score (nSPS) is 23.3. The summed E-state index contributed by atoms with van der Waals surface area (Å²) in [6, 6.07) is 0. The second-order valence-electron chi connectivity index (χ2n) is 4.24. The lowest BCUT2D eigenvalue weighted by molar-refractivity contribution is -0.163. The van der Waals surface area contributed by atoms with Crippen molar-refractivity contribution in [1.82, 2.24) is 0 Å². The second kappa shape index (κ2) is 11.0. The van der Waals surface area contributed by atoms with Crippen molar-refractivity contribution in [3.05, 3.63) is 0 Å². The molecular weight excluding hydrogens is 216 g/mol. The fourth-order valence-corrected chi connectivity index (χ4v) is 1.44.